The second-order valence-corrected chi connectivity index (χ2v) is 4.75. The molecule has 0 aliphatic carbocycles. The minimum absolute atomic E-state index is 0.489. The molecule has 0 fully saturated rings. The first-order chi connectivity index (χ1) is 8.76. The highest BCUT2D eigenvalue weighted by atomic mass is 32.1. The van der Waals surface area contributed by atoms with Gasteiger partial charge in [0.2, 0.25) is 0 Å². The number of nitrogens with two attached hydrogens (primary N) is 1. The van der Waals surface area contributed by atoms with Gasteiger partial charge >= 0.3 is 0 Å². The predicted molar refractivity (Wildman–Crippen MR) is 72.4 cm³/mol. The number of rotatable bonds is 5. The minimum Gasteiger partial charge on any atom is -0.493 e. The van der Waals surface area contributed by atoms with Gasteiger partial charge in [0.05, 0.1) is 24.9 Å². The number of aromatic nitrogens is 1. The minimum atomic E-state index is 0.489. The lowest BCUT2D eigenvalue weighted by atomic mass is 10.1. The summed E-state index contributed by atoms with van der Waals surface area (Å²) >= 11 is 1.63. The molecule has 0 atom stereocenters. The standard InChI is InChI=1S/C13H16N2O2S/c1-16-11-4-3-9(5-12(11)17-2)6-13-15-10(7-14)8-18-13/h3-5,8H,6-7,14H2,1-2H3. The molecule has 0 unspecified atom stereocenters. The number of hydrogen-bond donors (Lipinski definition) is 1. The van der Waals surface area contributed by atoms with E-state index in [0.29, 0.717) is 6.54 Å². The molecule has 18 heavy (non-hydrogen) atoms. The van der Waals surface area contributed by atoms with Crippen LogP contribution < -0.4 is 15.2 Å². The third-order valence-electron chi connectivity index (χ3n) is 2.61. The summed E-state index contributed by atoms with van der Waals surface area (Å²) in [7, 11) is 3.27. The maximum absolute atomic E-state index is 5.55. The van der Waals surface area contributed by atoms with Gasteiger partial charge in [-0.1, -0.05) is 6.07 Å². The van der Waals surface area contributed by atoms with E-state index in [1.807, 2.05) is 23.6 Å². The summed E-state index contributed by atoms with van der Waals surface area (Å²) in [6, 6.07) is 5.90. The fourth-order valence-corrected chi connectivity index (χ4v) is 2.53. The van der Waals surface area contributed by atoms with Gasteiger partial charge in [0, 0.05) is 18.3 Å². The first kappa shape index (κ1) is 12.9. The smallest absolute Gasteiger partial charge is 0.160 e. The number of methoxy groups -OCH3 is 2. The van der Waals surface area contributed by atoms with Crippen LogP contribution in [0.15, 0.2) is 23.6 Å². The normalized spacial score (nSPS) is 10.4. The Morgan fingerprint density at radius 3 is 2.61 bits per heavy atom. The third kappa shape index (κ3) is 2.80. The van der Waals surface area contributed by atoms with Crippen molar-refractivity contribution in [3.63, 3.8) is 0 Å². The fourth-order valence-electron chi connectivity index (χ4n) is 1.69. The summed E-state index contributed by atoms with van der Waals surface area (Å²) in [5.41, 5.74) is 7.63. The molecule has 2 aromatic rings. The monoisotopic (exact) mass is 264 g/mol. The van der Waals surface area contributed by atoms with Crippen LogP contribution in [0.3, 0.4) is 0 Å². The largest absolute Gasteiger partial charge is 0.493 e. The van der Waals surface area contributed by atoms with E-state index in [9.17, 15) is 0 Å². The Kier molecular flexibility index (Phi) is 4.17. The van der Waals surface area contributed by atoms with E-state index in [1.165, 1.54) is 0 Å². The zero-order valence-corrected chi connectivity index (χ0v) is 11.3. The van der Waals surface area contributed by atoms with Gasteiger partial charge in [-0.2, -0.15) is 0 Å². The van der Waals surface area contributed by atoms with E-state index < -0.39 is 0 Å². The summed E-state index contributed by atoms with van der Waals surface area (Å²) < 4.78 is 10.5. The van der Waals surface area contributed by atoms with Gasteiger partial charge in [-0.25, -0.2) is 4.98 Å². The van der Waals surface area contributed by atoms with Crippen LogP contribution in [0.4, 0.5) is 0 Å². The van der Waals surface area contributed by atoms with Crippen molar-refractivity contribution in [1.29, 1.82) is 0 Å². The van der Waals surface area contributed by atoms with E-state index in [2.05, 4.69) is 4.98 Å². The molecule has 1 aromatic carbocycles. The highest BCUT2D eigenvalue weighted by Crippen LogP contribution is 2.28. The van der Waals surface area contributed by atoms with Gasteiger partial charge in [0.25, 0.3) is 0 Å². The summed E-state index contributed by atoms with van der Waals surface area (Å²) in [4.78, 5) is 4.44. The maximum Gasteiger partial charge on any atom is 0.160 e. The van der Waals surface area contributed by atoms with Crippen molar-refractivity contribution < 1.29 is 9.47 Å². The molecular formula is C13H16N2O2S. The Bertz CT molecular complexity index is 525. The molecular weight excluding hydrogens is 248 g/mol. The van der Waals surface area contributed by atoms with Gasteiger partial charge in [-0.3, -0.25) is 0 Å². The van der Waals surface area contributed by atoms with Crippen molar-refractivity contribution in [2.75, 3.05) is 14.2 Å². The van der Waals surface area contributed by atoms with Crippen LogP contribution in [0, 0.1) is 0 Å². The average molecular weight is 264 g/mol. The van der Waals surface area contributed by atoms with Crippen LogP contribution in [0.25, 0.3) is 0 Å². The van der Waals surface area contributed by atoms with Crippen LogP contribution in [-0.2, 0) is 13.0 Å². The Hall–Kier alpha value is -1.59. The van der Waals surface area contributed by atoms with Crippen LogP contribution in [-0.4, -0.2) is 19.2 Å². The lowest BCUT2D eigenvalue weighted by Crippen LogP contribution is -1.97. The molecule has 0 aliphatic rings. The molecule has 0 saturated carbocycles. The van der Waals surface area contributed by atoms with Crippen LogP contribution in [0.2, 0.25) is 0 Å². The van der Waals surface area contributed by atoms with E-state index in [4.69, 9.17) is 15.2 Å². The predicted octanol–water partition coefficient (Wildman–Crippen LogP) is 2.21. The molecule has 1 aromatic heterocycles. The highest BCUT2D eigenvalue weighted by Gasteiger charge is 2.07. The number of ether oxygens (including phenoxy) is 2. The van der Waals surface area contributed by atoms with Crippen molar-refractivity contribution in [3.05, 3.63) is 39.8 Å². The Balaban J connectivity index is 2.18. The molecule has 0 radical (unpaired) electrons. The van der Waals surface area contributed by atoms with Crippen molar-refractivity contribution >= 4 is 11.3 Å². The Labute approximate surface area is 110 Å². The quantitative estimate of drug-likeness (QED) is 0.899. The zero-order chi connectivity index (χ0) is 13.0. The Morgan fingerprint density at radius 2 is 2.00 bits per heavy atom. The van der Waals surface area contributed by atoms with Crippen molar-refractivity contribution in [3.8, 4) is 11.5 Å². The molecule has 0 aliphatic heterocycles. The van der Waals surface area contributed by atoms with E-state index >= 15 is 0 Å². The second-order valence-electron chi connectivity index (χ2n) is 3.80. The van der Waals surface area contributed by atoms with Crippen molar-refractivity contribution in [2.24, 2.45) is 5.73 Å². The molecule has 0 saturated heterocycles. The summed E-state index contributed by atoms with van der Waals surface area (Å²) in [6.07, 6.45) is 0.783. The second kappa shape index (κ2) is 5.84. The SMILES string of the molecule is COc1ccc(Cc2nc(CN)cs2)cc1OC. The van der Waals surface area contributed by atoms with Crippen LogP contribution in [0.1, 0.15) is 16.3 Å². The topological polar surface area (TPSA) is 57.4 Å². The summed E-state index contributed by atoms with van der Waals surface area (Å²) in [5, 5.41) is 3.05. The van der Waals surface area contributed by atoms with Gasteiger partial charge in [-0.15, -0.1) is 11.3 Å². The van der Waals surface area contributed by atoms with Crippen LogP contribution >= 0.6 is 11.3 Å². The first-order valence-electron chi connectivity index (χ1n) is 5.61. The molecule has 96 valence electrons. The number of benzene rings is 1. The first-order valence-corrected chi connectivity index (χ1v) is 6.49. The molecule has 0 amide bonds. The number of hydrogen-bond acceptors (Lipinski definition) is 5. The van der Waals surface area contributed by atoms with E-state index in [-0.39, 0.29) is 0 Å². The molecule has 2 rings (SSSR count). The lowest BCUT2D eigenvalue weighted by molar-refractivity contribution is 0.354. The summed E-state index contributed by atoms with van der Waals surface area (Å²) in [6.45, 7) is 0.489. The number of nitrogens with zero attached hydrogens (tertiary/aromatic N) is 1. The molecule has 1 heterocycles. The average Bonchev–Trinajstić information content (AvgIpc) is 2.86. The van der Waals surface area contributed by atoms with E-state index in [1.54, 1.807) is 25.6 Å². The van der Waals surface area contributed by atoms with Crippen LogP contribution in [0.5, 0.6) is 11.5 Å². The van der Waals surface area contributed by atoms with Crippen molar-refractivity contribution in [1.82, 2.24) is 4.98 Å². The fraction of sp³-hybridized carbons (Fsp3) is 0.308. The van der Waals surface area contributed by atoms with Gasteiger partial charge in [0.1, 0.15) is 0 Å². The summed E-state index contributed by atoms with van der Waals surface area (Å²) in [5.74, 6) is 1.48. The molecule has 5 heteroatoms. The maximum atomic E-state index is 5.55. The third-order valence-corrected chi connectivity index (χ3v) is 3.51. The highest BCUT2D eigenvalue weighted by molar-refractivity contribution is 7.09. The molecule has 0 bridgehead atoms. The van der Waals surface area contributed by atoms with E-state index in [0.717, 1.165) is 34.2 Å². The number of thiazole rings is 1. The van der Waals surface area contributed by atoms with Gasteiger partial charge in [-0.05, 0) is 17.7 Å². The molecule has 2 N–H and O–H groups in total. The Morgan fingerprint density at radius 1 is 1.22 bits per heavy atom. The molecule has 0 spiro atoms. The van der Waals surface area contributed by atoms with Gasteiger partial charge in [0.15, 0.2) is 11.5 Å². The van der Waals surface area contributed by atoms with Crippen molar-refractivity contribution in [2.45, 2.75) is 13.0 Å². The van der Waals surface area contributed by atoms with Gasteiger partial charge < -0.3 is 15.2 Å². The molecule has 4 nitrogen and oxygen atoms in total. The zero-order valence-electron chi connectivity index (χ0n) is 10.5. The lowest BCUT2D eigenvalue weighted by Gasteiger charge is -2.08.